The Hall–Kier alpha value is -1.96. The molecule has 2 bridgehead atoms. The third-order valence-electron chi connectivity index (χ3n) is 3.89. The molecule has 2 fully saturated rings. The maximum absolute atomic E-state index is 12.6. The second-order valence-electron chi connectivity index (χ2n) is 5.21. The highest BCUT2D eigenvalue weighted by atomic mass is 16.7. The van der Waals surface area contributed by atoms with Gasteiger partial charge in [0, 0.05) is 6.54 Å². The Kier molecular flexibility index (Phi) is 4.10. The van der Waals surface area contributed by atoms with E-state index in [1.165, 1.54) is 12.0 Å². The van der Waals surface area contributed by atoms with Gasteiger partial charge in [0.25, 0.3) is 5.91 Å². The second-order valence-corrected chi connectivity index (χ2v) is 5.21. The lowest BCUT2D eigenvalue weighted by Crippen LogP contribution is -2.56. The van der Waals surface area contributed by atoms with Crippen LogP contribution in [0.4, 0.5) is 0 Å². The fraction of sp³-hybridized carbons (Fsp3) is 0.467. The fourth-order valence-electron chi connectivity index (χ4n) is 2.76. The van der Waals surface area contributed by atoms with E-state index >= 15 is 0 Å². The van der Waals surface area contributed by atoms with Gasteiger partial charge < -0.3 is 24.2 Å². The van der Waals surface area contributed by atoms with E-state index in [1.807, 2.05) is 30.3 Å². The molecule has 2 heterocycles. The summed E-state index contributed by atoms with van der Waals surface area (Å²) in [5.74, 6) is -1.04. The predicted octanol–water partition coefficient (Wildman–Crippen LogP) is -0.327. The number of esters is 1. The number of ether oxygens (including phenoxy) is 3. The molecular weight excluding hydrogens is 290 g/mol. The van der Waals surface area contributed by atoms with Crippen molar-refractivity contribution in [3.63, 3.8) is 0 Å². The normalized spacial score (nSPS) is 30.5. The summed E-state index contributed by atoms with van der Waals surface area (Å²) < 4.78 is 15.5. The number of carbonyl (C=O) groups is 2. The van der Waals surface area contributed by atoms with Gasteiger partial charge in [0.1, 0.15) is 6.04 Å². The number of benzene rings is 1. The molecule has 3 rings (SSSR count). The van der Waals surface area contributed by atoms with Crippen LogP contribution in [0, 0.1) is 0 Å². The lowest BCUT2D eigenvalue weighted by Gasteiger charge is -2.37. The highest BCUT2D eigenvalue weighted by molar-refractivity contribution is 5.90. The first-order valence-electron chi connectivity index (χ1n) is 6.99. The van der Waals surface area contributed by atoms with E-state index in [-0.39, 0.29) is 12.5 Å². The summed E-state index contributed by atoms with van der Waals surface area (Å²) in [5.41, 5.74) is 0.921. The molecule has 7 nitrogen and oxygen atoms in total. The van der Waals surface area contributed by atoms with Crippen molar-refractivity contribution < 1.29 is 28.9 Å². The van der Waals surface area contributed by atoms with Gasteiger partial charge >= 0.3 is 5.97 Å². The summed E-state index contributed by atoms with van der Waals surface area (Å²) >= 11 is 0. The van der Waals surface area contributed by atoms with Gasteiger partial charge in [-0.15, -0.1) is 0 Å². The molecule has 1 N–H and O–H groups in total. The molecule has 2 aliphatic heterocycles. The molecule has 1 aromatic rings. The Morgan fingerprint density at radius 2 is 2.05 bits per heavy atom. The van der Waals surface area contributed by atoms with Gasteiger partial charge in [0.15, 0.2) is 18.5 Å². The summed E-state index contributed by atoms with van der Waals surface area (Å²) in [6.07, 6.45) is -2.94. The Bertz CT molecular complexity index is 562. The van der Waals surface area contributed by atoms with Gasteiger partial charge in [-0.3, -0.25) is 4.79 Å². The Morgan fingerprint density at radius 3 is 2.68 bits per heavy atom. The van der Waals surface area contributed by atoms with E-state index in [0.29, 0.717) is 6.54 Å². The molecule has 1 aromatic carbocycles. The van der Waals surface area contributed by atoms with Crippen molar-refractivity contribution in [2.24, 2.45) is 0 Å². The summed E-state index contributed by atoms with van der Waals surface area (Å²) in [6.45, 7) is 0.00235. The van der Waals surface area contributed by atoms with Crippen LogP contribution in [0.2, 0.25) is 0 Å². The van der Waals surface area contributed by atoms with E-state index < -0.39 is 30.5 Å². The number of methoxy groups -OCH3 is 1. The fourth-order valence-corrected chi connectivity index (χ4v) is 2.76. The molecule has 2 aliphatic rings. The average molecular weight is 307 g/mol. The van der Waals surface area contributed by atoms with E-state index in [1.54, 1.807) is 0 Å². The van der Waals surface area contributed by atoms with Crippen molar-refractivity contribution in [2.45, 2.75) is 31.1 Å². The number of aliphatic hydroxyl groups excluding tert-OH is 1. The van der Waals surface area contributed by atoms with Crippen LogP contribution in [-0.2, 0) is 30.3 Å². The van der Waals surface area contributed by atoms with Crippen molar-refractivity contribution in [2.75, 3.05) is 13.7 Å². The number of carbonyl (C=O) groups excluding carboxylic acids is 2. The summed E-state index contributed by atoms with van der Waals surface area (Å²) in [5, 5.41) is 9.59. The monoisotopic (exact) mass is 307 g/mol. The van der Waals surface area contributed by atoms with Crippen LogP contribution in [0.15, 0.2) is 30.3 Å². The molecule has 1 amide bonds. The summed E-state index contributed by atoms with van der Waals surface area (Å²) in [6, 6.07) is 8.75. The molecule has 0 spiro atoms. The standard InChI is InChI=1S/C15H17NO6/c1-20-14(19)12-11-13(18)16(7-9-5-3-2-4-6-9)10(8-17)15(21-11)22-12/h2-6,10-12,15,17H,7-8H2,1H3/t10-,11+,12+,15-/m0/s1. The number of rotatable bonds is 4. The SMILES string of the molecule is COC(=O)[C@@H]1O[C@@H]2O[C@H]1C(=O)N(Cc1ccccc1)[C@H]2CO. The molecule has 7 heteroatoms. The molecule has 0 aliphatic carbocycles. The zero-order valence-corrected chi connectivity index (χ0v) is 12.0. The number of fused-ring (bicyclic) bond motifs is 2. The van der Waals surface area contributed by atoms with Gasteiger partial charge in [-0.1, -0.05) is 30.3 Å². The quantitative estimate of drug-likeness (QED) is 0.767. The van der Waals surface area contributed by atoms with E-state index in [0.717, 1.165) is 5.56 Å². The molecule has 0 saturated carbocycles. The van der Waals surface area contributed by atoms with Gasteiger partial charge in [-0.05, 0) is 5.56 Å². The van der Waals surface area contributed by atoms with E-state index in [2.05, 4.69) is 4.74 Å². The lowest BCUT2D eigenvalue weighted by atomic mass is 10.1. The highest BCUT2D eigenvalue weighted by Crippen LogP contribution is 2.32. The second kappa shape index (κ2) is 6.04. The predicted molar refractivity (Wildman–Crippen MR) is 73.4 cm³/mol. The Morgan fingerprint density at radius 1 is 1.32 bits per heavy atom. The maximum atomic E-state index is 12.6. The molecule has 0 radical (unpaired) electrons. The Labute approximate surface area is 127 Å². The molecule has 22 heavy (non-hydrogen) atoms. The minimum absolute atomic E-state index is 0.316. The van der Waals surface area contributed by atoms with Crippen LogP contribution in [0.3, 0.4) is 0 Å². The smallest absolute Gasteiger partial charge is 0.338 e. The van der Waals surface area contributed by atoms with Crippen molar-refractivity contribution in [3.8, 4) is 0 Å². The molecule has 4 atom stereocenters. The zero-order chi connectivity index (χ0) is 15.7. The van der Waals surface area contributed by atoms with Crippen LogP contribution in [-0.4, -0.2) is 60.1 Å². The number of nitrogens with zero attached hydrogens (tertiary/aromatic N) is 1. The average Bonchev–Trinajstić information content (AvgIpc) is 2.95. The number of hydrogen-bond donors (Lipinski definition) is 1. The van der Waals surface area contributed by atoms with Crippen LogP contribution < -0.4 is 0 Å². The van der Waals surface area contributed by atoms with E-state index in [4.69, 9.17) is 9.47 Å². The van der Waals surface area contributed by atoms with Crippen molar-refractivity contribution in [1.29, 1.82) is 0 Å². The van der Waals surface area contributed by atoms with Crippen LogP contribution >= 0.6 is 0 Å². The molecule has 118 valence electrons. The van der Waals surface area contributed by atoms with Crippen LogP contribution in [0.1, 0.15) is 5.56 Å². The third kappa shape index (κ3) is 2.47. The van der Waals surface area contributed by atoms with E-state index in [9.17, 15) is 14.7 Å². The minimum atomic E-state index is -1.09. The first-order valence-corrected chi connectivity index (χ1v) is 6.99. The maximum Gasteiger partial charge on any atom is 0.338 e. The number of hydrogen-bond acceptors (Lipinski definition) is 6. The third-order valence-corrected chi connectivity index (χ3v) is 3.89. The van der Waals surface area contributed by atoms with Crippen molar-refractivity contribution in [3.05, 3.63) is 35.9 Å². The first-order chi connectivity index (χ1) is 10.7. The molecule has 2 saturated heterocycles. The topological polar surface area (TPSA) is 85.3 Å². The van der Waals surface area contributed by atoms with Gasteiger partial charge in [0.2, 0.25) is 0 Å². The molecular formula is C15H17NO6. The highest BCUT2D eigenvalue weighted by Gasteiger charge is 2.55. The summed E-state index contributed by atoms with van der Waals surface area (Å²) in [4.78, 5) is 25.8. The van der Waals surface area contributed by atoms with Crippen molar-refractivity contribution >= 4 is 11.9 Å². The van der Waals surface area contributed by atoms with Gasteiger partial charge in [0.05, 0.1) is 13.7 Å². The summed E-state index contributed by atoms with van der Waals surface area (Å²) in [7, 11) is 1.23. The molecule has 0 aromatic heterocycles. The Balaban J connectivity index is 1.84. The molecule has 0 unspecified atom stereocenters. The number of aliphatic hydroxyl groups is 1. The minimum Gasteiger partial charge on any atom is -0.467 e. The van der Waals surface area contributed by atoms with Gasteiger partial charge in [-0.2, -0.15) is 0 Å². The zero-order valence-electron chi connectivity index (χ0n) is 12.0. The van der Waals surface area contributed by atoms with Gasteiger partial charge in [-0.25, -0.2) is 4.79 Å². The van der Waals surface area contributed by atoms with Crippen molar-refractivity contribution in [1.82, 2.24) is 4.90 Å². The van der Waals surface area contributed by atoms with Crippen LogP contribution in [0.5, 0.6) is 0 Å². The van der Waals surface area contributed by atoms with Crippen LogP contribution in [0.25, 0.3) is 0 Å². The first kappa shape index (κ1) is 15.0. The number of morpholine rings is 1. The lowest BCUT2D eigenvalue weighted by molar-refractivity contribution is -0.182. The largest absolute Gasteiger partial charge is 0.467 e. The number of amides is 1.